The summed E-state index contributed by atoms with van der Waals surface area (Å²) in [6.07, 6.45) is 1.12. The van der Waals surface area contributed by atoms with Gasteiger partial charge in [-0.2, -0.15) is 5.21 Å². The van der Waals surface area contributed by atoms with Crippen molar-refractivity contribution in [3.63, 3.8) is 0 Å². The second-order valence-corrected chi connectivity index (χ2v) is 7.26. The van der Waals surface area contributed by atoms with E-state index in [2.05, 4.69) is 31.3 Å². The molecule has 0 saturated heterocycles. The number of hydrogen-bond acceptors (Lipinski definition) is 6. The maximum absolute atomic E-state index is 12.2. The fourth-order valence-electron chi connectivity index (χ4n) is 4.42. The van der Waals surface area contributed by atoms with E-state index < -0.39 is 5.41 Å². The fraction of sp³-hybridized carbons (Fsp3) is 0.286. The van der Waals surface area contributed by atoms with E-state index in [1.165, 1.54) is 0 Å². The molecule has 1 aliphatic carbocycles. The molecule has 0 atom stereocenters. The van der Waals surface area contributed by atoms with Gasteiger partial charge in [-0.3, -0.25) is 9.59 Å². The average Bonchev–Trinajstić information content (AvgIpc) is 3.32. The molecule has 2 amide bonds. The molecule has 3 aromatic rings. The first-order valence-corrected chi connectivity index (χ1v) is 9.70. The maximum atomic E-state index is 12.2. The number of H-pyrrole nitrogens is 1. The minimum Gasteiger partial charge on any atom is -0.355 e. The predicted octanol–water partition coefficient (Wildman–Crippen LogP) is 0.506. The SMILES string of the molecule is CNC(=O)c1ccc2c(c1)Cc1cc(C(=O)NC)ccc1C2(CCN)c1nn[nH]n1. The van der Waals surface area contributed by atoms with E-state index in [1.807, 2.05) is 24.3 Å². The van der Waals surface area contributed by atoms with Gasteiger partial charge in [-0.1, -0.05) is 17.3 Å². The Morgan fingerprint density at radius 1 is 1.03 bits per heavy atom. The molecular formula is C21H23N7O2. The van der Waals surface area contributed by atoms with E-state index in [-0.39, 0.29) is 11.8 Å². The van der Waals surface area contributed by atoms with Gasteiger partial charge in [-0.25, -0.2) is 0 Å². The molecule has 9 nitrogen and oxygen atoms in total. The first-order chi connectivity index (χ1) is 14.5. The molecule has 5 N–H and O–H groups in total. The van der Waals surface area contributed by atoms with Gasteiger partial charge in [0.2, 0.25) is 0 Å². The molecule has 0 spiro atoms. The van der Waals surface area contributed by atoms with Crippen LogP contribution in [-0.4, -0.2) is 53.1 Å². The van der Waals surface area contributed by atoms with Crippen LogP contribution in [0.5, 0.6) is 0 Å². The summed E-state index contributed by atoms with van der Waals surface area (Å²) in [5.74, 6) is 0.189. The summed E-state index contributed by atoms with van der Waals surface area (Å²) < 4.78 is 0. The highest BCUT2D eigenvalue weighted by molar-refractivity contribution is 5.95. The minimum absolute atomic E-state index is 0.160. The third kappa shape index (κ3) is 2.94. The van der Waals surface area contributed by atoms with Crippen molar-refractivity contribution in [1.82, 2.24) is 31.3 Å². The van der Waals surface area contributed by atoms with Crippen molar-refractivity contribution in [2.75, 3.05) is 20.6 Å². The van der Waals surface area contributed by atoms with Crippen LogP contribution in [0.15, 0.2) is 36.4 Å². The number of amides is 2. The lowest BCUT2D eigenvalue weighted by Gasteiger charge is -2.39. The number of aromatic amines is 1. The molecule has 30 heavy (non-hydrogen) atoms. The number of nitrogens with one attached hydrogen (secondary N) is 3. The van der Waals surface area contributed by atoms with Gasteiger partial charge in [-0.05, 0) is 65.9 Å². The number of rotatable bonds is 5. The van der Waals surface area contributed by atoms with Crippen molar-refractivity contribution in [2.45, 2.75) is 18.3 Å². The van der Waals surface area contributed by atoms with Crippen LogP contribution in [0.1, 0.15) is 55.2 Å². The summed E-state index contributed by atoms with van der Waals surface area (Å²) >= 11 is 0. The highest BCUT2D eigenvalue weighted by Gasteiger charge is 2.45. The van der Waals surface area contributed by atoms with Crippen LogP contribution < -0.4 is 16.4 Å². The Kier molecular flexibility index (Phi) is 5.04. The monoisotopic (exact) mass is 405 g/mol. The zero-order chi connectivity index (χ0) is 21.3. The summed E-state index contributed by atoms with van der Waals surface area (Å²) in [6, 6.07) is 11.3. The first-order valence-electron chi connectivity index (χ1n) is 9.70. The van der Waals surface area contributed by atoms with Gasteiger partial charge < -0.3 is 16.4 Å². The van der Waals surface area contributed by atoms with E-state index in [4.69, 9.17) is 5.73 Å². The summed E-state index contributed by atoms with van der Waals surface area (Å²) in [4.78, 5) is 24.4. The van der Waals surface area contributed by atoms with E-state index >= 15 is 0 Å². The Balaban J connectivity index is 2.00. The number of carbonyl (C=O) groups is 2. The number of aromatic nitrogens is 4. The molecule has 9 heteroatoms. The van der Waals surface area contributed by atoms with Gasteiger partial charge >= 0.3 is 0 Å². The average molecular weight is 405 g/mol. The molecule has 1 aliphatic rings. The van der Waals surface area contributed by atoms with E-state index in [1.54, 1.807) is 26.2 Å². The highest BCUT2D eigenvalue weighted by atomic mass is 16.2. The number of nitrogens with zero attached hydrogens (tertiary/aromatic N) is 3. The molecule has 0 aliphatic heterocycles. The van der Waals surface area contributed by atoms with E-state index in [9.17, 15) is 9.59 Å². The molecule has 0 bridgehead atoms. The summed E-state index contributed by atoms with van der Waals surface area (Å²) in [7, 11) is 3.20. The zero-order valence-corrected chi connectivity index (χ0v) is 16.8. The van der Waals surface area contributed by atoms with Gasteiger partial charge in [0.1, 0.15) is 0 Å². The number of fused-ring (bicyclic) bond motifs is 2. The quantitative estimate of drug-likeness (QED) is 0.488. The van der Waals surface area contributed by atoms with Crippen LogP contribution in [0.3, 0.4) is 0 Å². The third-order valence-electron chi connectivity index (χ3n) is 5.74. The lowest BCUT2D eigenvalue weighted by atomic mass is 9.64. The van der Waals surface area contributed by atoms with Crippen LogP contribution in [-0.2, 0) is 11.8 Å². The van der Waals surface area contributed by atoms with Crippen molar-refractivity contribution in [3.05, 3.63) is 75.6 Å². The second kappa shape index (κ2) is 7.68. The molecule has 4 rings (SSSR count). The number of benzene rings is 2. The molecule has 0 saturated carbocycles. The highest BCUT2D eigenvalue weighted by Crippen LogP contribution is 2.47. The Bertz CT molecular complexity index is 1040. The lowest BCUT2D eigenvalue weighted by Crippen LogP contribution is -2.38. The van der Waals surface area contributed by atoms with Gasteiger partial charge in [0.15, 0.2) is 5.82 Å². The van der Waals surface area contributed by atoms with Gasteiger partial charge in [0.25, 0.3) is 11.8 Å². The van der Waals surface area contributed by atoms with Crippen molar-refractivity contribution in [3.8, 4) is 0 Å². The molecule has 1 heterocycles. The lowest BCUT2D eigenvalue weighted by molar-refractivity contribution is 0.0955. The topological polar surface area (TPSA) is 139 Å². The predicted molar refractivity (Wildman–Crippen MR) is 110 cm³/mol. The Hall–Kier alpha value is -3.59. The summed E-state index contributed by atoms with van der Waals surface area (Å²) in [6.45, 7) is 0.391. The van der Waals surface area contributed by atoms with Crippen molar-refractivity contribution in [1.29, 1.82) is 0 Å². The van der Waals surface area contributed by atoms with Gasteiger partial charge in [0.05, 0.1) is 5.41 Å². The largest absolute Gasteiger partial charge is 0.355 e. The van der Waals surface area contributed by atoms with Gasteiger partial charge in [0, 0.05) is 25.2 Å². The Morgan fingerprint density at radius 3 is 2.03 bits per heavy atom. The number of tetrazole rings is 1. The fourth-order valence-corrected chi connectivity index (χ4v) is 4.42. The Morgan fingerprint density at radius 2 is 1.60 bits per heavy atom. The van der Waals surface area contributed by atoms with E-state index in [0.717, 1.165) is 22.3 Å². The molecule has 0 unspecified atom stereocenters. The van der Waals surface area contributed by atoms with Crippen LogP contribution in [0.4, 0.5) is 0 Å². The van der Waals surface area contributed by atoms with Crippen molar-refractivity contribution in [2.24, 2.45) is 5.73 Å². The minimum atomic E-state index is -0.729. The maximum Gasteiger partial charge on any atom is 0.251 e. The molecule has 154 valence electrons. The molecule has 0 radical (unpaired) electrons. The summed E-state index contributed by atoms with van der Waals surface area (Å²) in [5, 5.41) is 20.3. The molecule has 0 fully saturated rings. The second-order valence-electron chi connectivity index (χ2n) is 7.26. The van der Waals surface area contributed by atoms with Crippen LogP contribution in [0.25, 0.3) is 0 Å². The zero-order valence-electron chi connectivity index (χ0n) is 16.8. The summed E-state index contributed by atoms with van der Waals surface area (Å²) in [5.41, 5.74) is 10.4. The smallest absolute Gasteiger partial charge is 0.251 e. The standard InChI is InChI=1S/C21H23N7O2/c1-23-18(29)12-3-5-16-14(9-12)11-15-10-13(19(30)24-2)4-6-17(15)21(16,7-8-22)20-25-27-28-26-20/h3-6,9-10H,7-8,11,22H2,1-2H3,(H,23,29)(H,24,30)(H,25,26,27,28). The number of hydrogen-bond donors (Lipinski definition) is 4. The third-order valence-corrected chi connectivity index (χ3v) is 5.74. The molecule has 1 aromatic heterocycles. The number of nitrogens with two attached hydrogens (primary N) is 1. The van der Waals surface area contributed by atoms with Crippen LogP contribution in [0.2, 0.25) is 0 Å². The van der Waals surface area contributed by atoms with Crippen molar-refractivity contribution >= 4 is 11.8 Å². The van der Waals surface area contributed by atoms with Crippen LogP contribution in [0, 0.1) is 0 Å². The van der Waals surface area contributed by atoms with Crippen molar-refractivity contribution < 1.29 is 9.59 Å². The van der Waals surface area contributed by atoms with Crippen LogP contribution >= 0.6 is 0 Å². The Labute approximate surface area is 173 Å². The van der Waals surface area contributed by atoms with E-state index in [0.29, 0.717) is 36.3 Å². The molecular weight excluding hydrogens is 382 g/mol. The normalized spacial score (nSPS) is 13.8. The first kappa shape index (κ1) is 19.7. The number of carbonyl (C=O) groups excluding carboxylic acids is 2. The van der Waals surface area contributed by atoms with Gasteiger partial charge in [-0.15, -0.1) is 10.2 Å². The molecule has 2 aromatic carbocycles.